The van der Waals surface area contributed by atoms with Crippen molar-refractivity contribution in [2.75, 3.05) is 32.8 Å². The first-order valence-corrected chi connectivity index (χ1v) is 7.93. The number of piperidine rings is 1. The topological polar surface area (TPSA) is 48.6 Å². The molecular formula is C16H25N3O2. The van der Waals surface area contributed by atoms with E-state index in [4.69, 9.17) is 4.74 Å². The number of aryl methyl sites for hydroxylation is 1. The SMILES string of the molecule is Cc1c[nH]cc1C(=O)N1CCC(N2CCOCC2C)CC1. The quantitative estimate of drug-likeness (QED) is 0.901. The van der Waals surface area contributed by atoms with Crippen LogP contribution in [0, 0.1) is 6.92 Å². The van der Waals surface area contributed by atoms with Crippen LogP contribution in [0.1, 0.15) is 35.7 Å². The summed E-state index contributed by atoms with van der Waals surface area (Å²) in [6.07, 6.45) is 5.84. The van der Waals surface area contributed by atoms with Gasteiger partial charge in [0.15, 0.2) is 0 Å². The Kier molecular flexibility index (Phi) is 4.31. The summed E-state index contributed by atoms with van der Waals surface area (Å²) < 4.78 is 5.51. The number of hydrogen-bond donors (Lipinski definition) is 1. The smallest absolute Gasteiger partial charge is 0.255 e. The number of carbonyl (C=O) groups is 1. The molecule has 5 nitrogen and oxygen atoms in total. The van der Waals surface area contributed by atoms with Crippen molar-refractivity contribution in [2.45, 2.75) is 38.8 Å². The molecule has 1 unspecified atom stereocenters. The molecule has 116 valence electrons. The Morgan fingerprint density at radius 3 is 2.67 bits per heavy atom. The molecule has 2 aliphatic rings. The standard InChI is InChI=1S/C16H25N3O2/c1-12-9-17-10-15(12)16(20)18-5-3-14(4-6-18)19-7-8-21-11-13(19)2/h9-10,13-14,17H,3-8,11H2,1-2H3. The van der Waals surface area contributed by atoms with E-state index in [1.54, 1.807) is 0 Å². The third kappa shape index (κ3) is 2.99. The van der Waals surface area contributed by atoms with E-state index in [0.717, 1.165) is 56.8 Å². The van der Waals surface area contributed by atoms with Gasteiger partial charge in [-0.1, -0.05) is 0 Å². The van der Waals surface area contributed by atoms with Crippen LogP contribution in [-0.2, 0) is 4.74 Å². The first-order valence-electron chi connectivity index (χ1n) is 7.93. The molecule has 1 N–H and O–H groups in total. The third-order valence-electron chi connectivity index (χ3n) is 4.82. The van der Waals surface area contributed by atoms with E-state index in [2.05, 4.69) is 16.8 Å². The number of carbonyl (C=O) groups excluding carboxylic acids is 1. The Morgan fingerprint density at radius 1 is 1.29 bits per heavy atom. The Morgan fingerprint density at radius 2 is 2.05 bits per heavy atom. The lowest BCUT2D eigenvalue weighted by molar-refractivity contribution is -0.0335. The van der Waals surface area contributed by atoms with E-state index < -0.39 is 0 Å². The lowest BCUT2D eigenvalue weighted by Gasteiger charge is -2.43. The molecule has 0 aromatic carbocycles. The maximum Gasteiger partial charge on any atom is 0.255 e. The van der Waals surface area contributed by atoms with Crippen molar-refractivity contribution < 1.29 is 9.53 Å². The molecule has 1 atom stereocenters. The lowest BCUT2D eigenvalue weighted by Crippen LogP contribution is -2.53. The summed E-state index contributed by atoms with van der Waals surface area (Å²) in [4.78, 5) is 20.1. The minimum absolute atomic E-state index is 0.169. The average molecular weight is 291 g/mol. The van der Waals surface area contributed by atoms with Crippen LogP contribution in [0.15, 0.2) is 12.4 Å². The first kappa shape index (κ1) is 14.6. The summed E-state index contributed by atoms with van der Waals surface area (Å²) >= 11 is 0. The molecule has 0 spiro atoms. The fourth-order valence-electron chi connectivity index (χ4n) is 3.53. The summed E-state index contributed by atoms with van der Waals surface area (Å²) in [6, 6.07) is 1.10. The maximum absolute atomic E-state index is 12.5. The average Bonchev–Trinajstić information content (AvgIpc) is 2.93. The number of hydrogen-bond acceptors (Lipinski definition) is 3. The van der Waals surface area contributed by atoms with Gasteiger partial charge >= 0.3 is 0 Å². The zero-order chi connectivity index (χ0) is 14.8. The van der Waals surface area contributed by atoms with Crippen molar-refractivity contribution >= 4 is 5.91 Å². The van der Waals surface area contributed by atoms with Crippen molar-refractivity contribution in [3.8, 4) is 0 Å². The number of aromatic amines is 1. The van der Waals surface area contributed by atoms with Gasteiger partial charge in [0.05, 0.1) is 18.8 Å². The molecule has 1 aromatic heterocycles. The fourth-order valence-corrected chi connectivity index (χ4v) is 3.53. The summed E-state index contributed by atoms with van der Waals surface area (Å²) in [7, 11) is 0. The van der Waals surface area contributed by atoms with E-state index in [0.29, 0.717) is 12.1 Å². The summed E-state index contributed by atoms with van der Waals surface area (Å²) in [6.45, 7) is 8.63. The van der Waals surface area contributed by atoms with Crippen molar-refractivity contribution in [3.63, 3.8) is 0 Å². The van der Waals surface area contributed by atoms with Crippen LogP contribution in [0.3, 0.4) is 0 Å². The molecule has 2 fully saturated rings. The van der Waals surface area contributed by atoms with Crippen LogP contribution >= 0.6 is 0 Å². The zero-order valence-electron chi connectivity index (χ0n) is 13.0. The molecule has 0 radical (unpaired) electrons. The van der Waals surface area contributed by atoms with E-state index >= 15 is 0 Å². The molecule has 3 rings (SSSR count). The van der Waals surface area contributed by atoms with Crippen molar-refractivity contribution in [1.29, 1.82) is 0 Å². The Hall–Kier alpha value is -1.33. The first-order chi connectivity index (χ1) is 10.2. The van der Waals surface area contributed by atoms with E-state index in [1.165, 1.54) is 0 Å². The van der Waals surface area contributed by atoms with Gasteiger partial charge in [0.2, 0.25) is 0 Å². The molecule has 1 amide bonds. The summed E-state index contributed by atoms with van der Waals surface area (Å²) in [5, 5.41) is 0. The highest BCUT2D eigenvalue weighted by Crippen LogP contribution is 2.22. The van der Waals surface area contributed by atoms with Crippen molar-refractivity contribution in [3.05, 3.63) is 23.5 Å². The van der Waals surface area contributed by atoms with Crippen LogP contribution < -0.4 is 0 Å². The highest BCUT2D eigenvalue weighted by molar-refractivity contribution is 5.95. The Bertz CT molecular complexity index is 491. The largest absolute Gasteiger partial charge is 0.379 e. The molecule has 3 heterocycles. The van der Waals surface area contributed by atoms with Gasteiger partial charge in [0.25, 0.3) is 5.91 Å². The Labute approximate surface area is 126 Å². The maximum atomic E-state index is 12.5. The van der Waals surface area contributed by atoms with E-state index in [-0.39, 0.29) is 5.91 Å². The van der Waals surface area contributed by atoms with Crippen molar-refractivity contribution in [2.24, 2.45) is 0 Å². The summed E-state index contributed by atoms with van der Waals surface area (Å²) in [5.74, 6) is 0.169. The highest BCUT2D eigenvalue weighted by atomic mass is 16.5. The molecule has 2 saturated heterocycles. The number of likely N-dealkylation sites (tertiary alicyclic amines) is 1. The predicted molar refractivity (Wildman–Crippen MR) is 81.4 cm³/mol. The Balaban J connectivity index is 1.58. The van der Waals surface area contributed by atoms with Crippen LogP contribution in [0.2, 0.25) is 0 Å². The zero-order valence-corrected chi connectivity index (χ0v) is 13.0. The minimum atomic E-state index is 0.169. The predicted octanol–water partition coefficient (Wildman–Crippen LogP) is 1.65. The van der Waals surface area contributed by atoms with Gasteiger partial charge in [0, 0.05) is 44.1 Å². The van der Waals surface area contributed by atoms with Gasteiger partial charge in [-0.15, -0.1) is 0 Å². The van der Waals surface area contributed by atoms with Gasteiger partial charge in [-0.2, -0.15) is 0 Å². The van der Waals surface area contributed by atoms with Gasteiger partial charge in [0.1, 0.15) is 0 Å². The van der Waals surface area contributed by atoms with Crippen LogP contribution in [0.5, 0.6) is 0 Å². The number of morpholine rings is 1. The second kappa shape index (κ2) is 6.20. The third-order valence-corrected chi connectivity index (χ3v) is 4.82. The number of H-pyrrole nitrogens is 1. The number of ether oxygens (including phenoxy) is 1. The van der Waals surface area contributed by atoms with Gasteiger partial charge in [-0.3, -0.25) is 9.69 Å². The lowest BCUT2D eigenvalue weighted by atomic mass is 10.00. The number of amides is 1. The molecule has 0 saturated carbocycles. The van der Waals surface area contributed by atoms with Gasteiger partial charge in [-0.05, 0) is 32.3 Å². The second-order valence-electron chi connectivity index (χ2n) is 6.24. The number of nitrogens with zero attached hydrogens (tertiary/aromatic N) is 2. The highest BCUT2D eigenvalue weighted by Gasteiger charge is 2.31. The van der Waals surface area contributed by atoms with Crippen LogP contribution in [-0.4, -0.2) is 65.6 Å². The second-order valence-corrected chi connectivity index (χ2v) is 6.24. The molecule has 0 aliphatic carbocycles. The number of nitrogens with one attached hydrogen (secondary N) is 1. The van der Waals surface area contributed by atoms with E-state index in [9.17, 15) is 4.79 Å². The molecule has 2 aliphatic heterocycles. The van der Waals surface area contributed by atoms with Crippen LogP contribution in [0.25, 0.3) is 0 Å². The molecule has 5 heteroatoms. The normalized spacial score (nSPS) is 25.2. The number of aromatic nitrogens is 1. The molecule has 0 bridgehead atoms. The minimum Gasteiger partial charge on any atom is -0.379 e. The fraction of sp³-hybridized carbons (Fsp3) is 0.688. The molecular weight excluding hydrogens is 266 g/mol. The monoisotopic (exact) mass is 291 g/mol. The van der Waals surface area contributed by atoms with Gasteiger partial charge < -0.3 is 14.6 Å². The molecule has 1 aromatic rings. The van der Waals surface area contributed by atoms with Crippen molar-refractivity contribution in [1.82, 2.24) is 14.8 Å². The molecule has 21 heavy (non-hydrogen) atoms. The van der Waals surface area contributed by atoms with Crippen LogP contribution in [0.4, 0.5) is 0 Å². The summed E-state index contributed by atoms with van der Waals surface area (Å²) in [5.41, 5.74) is 1.84. The van der Waals surface area contributed by atoms with E-state index in [1.807, 2.05) is 24.2 Å². The van der Waals surface area contributed by atoms with Gasteiger partial charge in [-0.25, -0.2) is 0 Å². The number of rotatable bonds is 2.